The molecule has 0 bridgehead atoms. The first-order chi connectivity index (χ1) is 8.84. The Balaban J connectivity index is 2.08. The van der Waals surface area contributed by atoms with Crippen LogP contribution in [-0.2, 0) is 0 Å². The number of aromatic nitrogens is 2. The predicted molar refractivity (Wildman–Crippen MR) is 85.4 cm³/mol. The summed E-state index contributed by atoms with van der Waals surface area (Å²) in [6.45, 7) is 0. The minimum Gasteiger partial charge on any atom is -0.312 e. The third-order valence-corrected chi connectivity index (χ3v) is 5.56. The average molecular weight is 366 g/mol. The van der Waals surface area contributed by atoms with Crippen molar-refractivity contribution in [3.63, 3.8) is 0 Å². The summed E-state index contributed by atoms with van der Waals surface area (Å²) in [6.07, 6.45) is 8.51. The van der Waals surface area contributed by atoms with E-state index in [2.05, 4.69) is 105 Å². The molecule has 0 spiro atoms. The van der Waals surface area contributed by atoms with Crippen LogP contribution in [0.1, 0.15) is 0 Å². The minimum atomic E-state index is -0.554. The van der Waals surface area contributed by atoms with Gasteiger partial charge in [0, 0.05) is 33.7 Å². The fourth-order valence-corrected chi connectivity index (χ4v) is 4.22. The summed E-state index contributed by atoms with van der Waals surface area (Å²) in [5, 5.41) is 1.35. The lowest BCUT2D eigenvalue weighted by atomic mass is 10.4. The van der Waals surface area contributed by atoms with Gasteiger partial charge in [0.1, 0.15) is 8.22 Å². The topological polar surface area (TPSA) is 9.86 Å². The largest absolute Gasteiger partial charge is 0.312 e. The van der Waals surface area contributed by atoms with E-state index in [4.69, 9.17) is 0 Å². The van der Waals surface area contributed by atoms with Crippen molar-refractivity contribution in [2.24, 2.45) is 0 Å². The molecule has 0 aliphatic carbocycles. The lowest BCUT2D eigenvalue weighted by Gasteiger charge is -2.20. The molecule has 18 heavy (non-hydrogen) atoms. The van der Waals surface area contributed by atoms with Gasteiger partial charge in [-0.25, -0.2) is 0 Å². The van der Waals surface area contributed by atoms with E-state index in [9.17, 15) is 0 Å². The maximum atomic E-state index is 2.34. The highest BCUT2D eigenvalue weighted by Gasteiger charge is 2.14. The Morgan fingerprint density at radius 3 is 1.61 bits per heavy atom. The first-order valence-corrected chi connectivity index (χ1v) is 7.99. The summed E-state index contributed by atoms with van der Waals surface area (Å²) >= 11 is 2.34. The zero-order valence-corrected chi connectivity index (χ0v) is 12.7. The molecule has 1 aromatic carbocycles. The first-order valence-electron chi connectivity index (χ1n) is 5.67. The summed E-state index contributed by atoms with van der Waals surface area (Å²) in [5.74, 6) is 0. The number of nitrogens with zero attached hydrogens (tertiary/aromatic N) is 2. The van der Waals surface area contributed by atoms with Crippen molar-refractivity contribution in [3.8, 4) is 0 Å². The highest BCUT2D eigenvalue weighted by molar-refractivity contribution is 14.1. The molecule has 0 fully saturated rings. The van der Waals surface area contributed by atoms with Gasteiger partial charge in [-0.1, -0.05) is 0 Å². The van der Waals surface area contributed by atoms with Crippen LogP contribution in [0.5, 0.6) is 0 Å². The van der Waals surface area contributed by atoms with Gasteiger partial charge in [0.05, 0.1) is 0 Å². The van der Waals surface area contributed by atoms with Crippen LogP contribution in [0.2, 0.25) is 0 Å². The van der Waals surface area contributed by atoms with E-state index in [1.807, 2.05) is 0 Å². The maximum absolute atomic E-state index is 2.34. The van der Waals surface area contributed by atoms with Crippen LogP contribution in [0.3, 0.4) is 0 Å². The zero-order valence-electron chi connectivity index (χ0n) is 9.65. The van der Waals surface area contributed by atoms with Crippen LogP contribution in [0.25, 0.3) is 0 Å². The Labute approximate surface area is 121 Å². The van der Waals surface area contributed by atoms with Crippen molar-refractivity contribution in [2.45, 2.75) is 0 Å². The van der Waals surface area contributed by atoms with Crippen molar-refractivity contribution in [1.82, 2.24) is 8.68 Å². The fourth-order valence-electron chi connectivity index (χ4n) is 1.86. The molecule has 3 aromatic rings. The van der Waals surface area contributed by atoms with Crippen LogP contribution in [0.15, 0.2) is 73.3 Å². The number of hydrogen-bond acceptors (Lipinski definition) is 0. The second kappa shape index (κ2) is 5.29. The SMILES string of the molecule is Ic1ccc(P(n2cccc2)n2cccc2)cc1. The maximum Gasteiger partial charge on any atom is 0.136 e. The summed E-state index contributed by atoms with van der Waals surface area (Å²) in [4.78, 5) is 0. The zero-order chi connectivity index (χ0) is 12.4. The number of benzene rings is 1. The van der Waals surface area contributed by atoms with Crippen molar-refractivity contribution >= 4 is 36.1 Å². The van der Waals surface area contributed by atoms with Crippen molar-refractivity contribution < 1.29 is 0 Å². The molecule has 90 valence electrons. The second-order valence-electron chi connectivity index (χ2n) is 3.89. The molecule has 2 aromatic heterocycles. The van der Waals surface area contributed by atoms with E-state index in [1.54, 1.807) is 0 Å². The lowest BCUT2D eigenvalue weighted by molar-refractivity contribution is 1.15. The predicted octanol–water partition coefficient (Wildman–Crippen LogP) is 3.93. The highest BCUT2D eigenvalue weighted by Crippen LogP contribution is 2.38. The normalized spacial score (nSPS) is 11.0. The Hall–Kier alpha value is -1.06. The van der Waals surface area contributed by atoms with Gasteiger partial charge in [-0.3, -0.25) is 0 Å². The Bertz CT molecular complexity index is 566. The molecule has 2 heterocycles. The third kappa shape index (κ3) is 2.38. The molecule has 0 saturated carbocycles. The second-order valence-corrected chi connectivity index (χ2v) is 7.16. The molecular formula is C14H12IN2P. The smallest absolute Gasteiger partial charge is 0.136 e. The van der Waals surface area contributed by atoms with Crippen LogP contribution in [0, 0.1) is 3.57 Å². The average Bonchev–Trinajstić information content (AvgIpc) is 3.06. The standard InChI is InChI=1S/C14H12IN2P/c15-13-5-7-14(8-6-13)18(16-9-1-2-10-16)17-11-3-4-12-17/h1-12H. The Morgan fingerprint density at radius 2 is 1.17 bits per heavy atom. The van der Waals surface area contributed by atoms with Gasteiger partial charge in [-0.05, 0) is 71.1 Å². The molecular weight excluding hydrogens is 354 g/mol. The molecule has 2 nitrogen and oxygen atoms in total. The number of halogens is 1. The first kappa shape index (κ1) is 12.0. The third-order valence-electron chi connectivity index (χ3n) is 2.67. The summed E-state index contributed by atoms with van der Waals surface area (Å²) < 4.78 is 5.82. The Morgan fingerprint density at radius 1 is 0.722 bits per heavy atom. The molecule has 0 unspecified atom stereocenters. The molecule has 0 N–H and O–H groups in total. The van der Waals surface area contributed by atoms with Gasteiger partial charge < -0.3 is 8.68 Å². The molecule has 0 saturated heterocycles. The van der Waals surface area contributed by atoms with E-state index >= 15 is 0 Å². The van der Waals surface area contributed by atoms with Crippen LogP contribution in [0.4, 0.5) is 0 Å². The van der Waals surface area contributed by atoms with E-state index < -0.39 is 8.22 Å². The molecule has 3 rings (SSSR count). The van der Waals surface area contributed by atoms with Crippen molar-refractivity contribution in [3.05, 3.63) is 76.9 Å². The molecule has 0 atom stereocenters. The minimum absolute atomic E-state index is 0.554. The van der Waals surface area contributed by atoms with E-state index in [0.717, 1.165) is 0 Å². The van der Waals surface area contributed by atoms with Crippen molar-refractivity contribution in [1.29, 1.82) is 0 Å². The van der Waals surface area contributed by atoms with Crippen LogP contribution < -0.4 is 5.30 Å². The van der Waals surface area contributed by atoms with Gasteiger partial charge in [-0.2, -0.15) is 0 Å². The molecule has 0 aliphatic rings. The van der Waals surface area contributed by atoms with E-state index in [0.29, 0.717) is 0 Å². The van der Waals surface area contributed by atoms with Crippen LogP contribution in [-0.4, -0.2) is 8.68 Å². The summed E-state index contributed by atoms with van der Waals surface area (Å²) in [6, 6.07) is 17.1. The number of hydrogen-bond donors (Lipinski definition) is 0. The van der Waals surface area contributed by atoms with Gasteiger partial charge in [-0.15, -0.1) is 0 Å². The monoisotopic (exact) mass is 366 g/mol. The fraction of sp³-hybridized carbons (Fsp3) is 0. The molecule has 0 aliphatic heterocycles. The number of rotatable bonds is 3. The van der Waals surface area contributed by atoms with Gasteiger partial charge in [0.25, 0.3) is 0 Å². The van der Waals surface area contributed by atoms with Crippen molar-refractivity contribution in [2.75, 3.05) is 0 Å². The molecule has 0 amide bonds. The lowest BCUT2D eigenvalue weighted by Crippen LogP contribution is -2.11. The quantitative estimate of drug-likeness (QED) is 0.491. The highest BCUT2D eigenvalue weighted by atomic mass is 127. The molecule has 0 radical (unpaired) electrons. The van der Waals surface area contributed by atoms with E-state index in [-0.39, 0.29) is 0 Å². The summed E-state index contributed by atoms with van der Waals surface area (Å²) in [5.41, 5.74) is 0. The Kier molecular flexibility index (Phi) is 3.52. The van der Waals surface area contributed by atoms with Crippen LogP contribution >= 0.6 is 30.8 Å². The van der Waals surface area contributed by atoms with Gasteiger partial charge in [0.15, 0.2) is 0 Å². The van der Waals surface area contributed by atoms with E-state index in [1.165, 1.54) is 8.87 Å². The molecule has 4 heteroatoms. The van der Waals surface area contributed by atoms with Gasteiger partial charge in [0.2, 0.25) is 0 Å². The van der Waals surface area contributed by atoms with Gasteiger partial charge >= 0.3 is 0 Å². The summed E-state index contributed by atoms with van der Waals surface area (Å²) in [7, 11) is -0.554.